The lowest BCUT2D eigenvalue weighted by Gasteiger charge is -2.31. The molecule has 2 rings (SSSR count). The molecule has 19 heavy (non-hydrogen) atoms. The summed E-state index contributed by atoms with van der Waals surface area (Å²) in [5.41, 5.74) is 0. The van der Waals surface area contributed by atoms with E-state index in [0.29, 0.717) is 5.92 Å². The molecule has 2 fully saturated rings. The molecule has 1 saturated carbocycles. The summed E-state index contributed by atoms with van der Waals surface area (Å²) in [6.07, 6.45) is -0.662. The summed E-state index contributed by atoms with van der Waals surface area (Å²) in [5.74, 6) is -0.989. The van der Waals surface area contributed by atoms with Crippen LogP contribution < -0.4 is 10.6 Å². The molecule has 0 bridgehead atoms. The lowest BCUT2D eigenvalue weighted by Crippen LogP contribution is -2.53. The molecule has 1 saturated heterocycles. The van der Waals surface area contributed by atoms with E-state index in [9.17, 15) is 18.0 Å². The van der Waals surface area contributed by atoms with E-state index in [0.717, 1.165) is 19.3 Å². The van der Waals surface area contributed by atoms with Gasteiger partial charge in [0.15, 0.2) is 0 Å². The Kier molecular flexibility index (Phi) is 4.38. The first kappa shape index (κ1) is 14.6. The van der Waals surface area contributed by atoms with Gasteiger partial charge in [0.1, 0.15) is 0 Å². The van der Waals surface area contributed by atoms with Crippen LogP contribution >= 0.6 is 0 Å². The topological polar surface area (TPSA) is 41.1 Å². The van der Waals surface area contributed by atoms with E-state index in [4.69, 9.17) is 0 Å². The number of hydrogen-bond acceptors (Lipinski definition) is 2. The summed E-state index contributed by atoms with van der Waals surface area (Å²) >= 11 is 0. The molecule has 0 spiro atoms. The maximum absolute atomic E-state index is 12.5. The van der Waals surface area contributed by atoms with Gasteiger partial charge in [-0.1, -0.05) is 13.3 Å². The van der Waals surface area contributed by atoms with Crippen LogP contribution in [0.15, 0.2) is 0 Å². The quantitative estimate of drug-likeness (QED) is 0.813. The van der Waals surface area contributed by atoms with Gasteiger partial charge < -0.3 is 10.6 Å². The van der Waals surface area contributed by atoms with E-state index in [-0.39, 0.29) is 31.3 Å². The third-order valence-electron chi connectivity index (χ3n) is 4.38. The van der Waals surface area contributed by atoms with Gasteiger partial charge in [0.2, 0.25) is 5.91 Å². The van der Waals surface area contributed by atoms with Crippen LogP contribution in [0.2, 0.25) is 0 Å². The fourth-order valence-corrected chi connectivity index (χ4v) is 3.00. The monoisotopic (exact) mass is 278 g/mol. The Balaban J connectivity index is 1.79. The van der Waals surface area contributed by atoms with Crippen molar-refractivity contribution >= 4 is 5.91 Å². The molecule has 0 radical (unpaired) electrons. The normalized spacial score (nSPS) is 36.2. The van der Waals surface area contributed by atoms with Crippen LogP contribution in [0.5, 0.6) is 0 Å². The van der Waals surface area contributed by atoms with Crippen molar-refractivity contribution in [2.24, 2.45) is 11.8 Å². The number of rotatable bonds is 2. The predicted octanol–water partition coefficient (Wildman–Crippen LogP) is 2.22. The highest BCUT2D eigenvalue weighted by Crippen LogP contribution is 2.32. The lowest BCUT2D eigenvalue weighted by molar-refractivity contribution is -0.180. The molecule has 1 amide bonds. The van der Waals surface area contributed by atoms with Crippen molar-refractivity contribution in [1.82, 2.24) is 10.6 Å². The van der Waals surface area contributed by atoms with Crippen LogP contribution in [0.1, 0.15) is 39.0 Å². The van der Waals surface area contributed by atoms with Gasteiger partial charge in [-0.3, -0.25) is 4.79 Å². The molecule has 0 aromatic rings. The zero-order valence-electron chi connectivity index (χ0n) is 11.1. The molecule has 1 aliphatic heterocycles. The summed E-state index contributed by atoms with van der Waals surface area (Å²) in [6.45, 7) is 1.95. The van der Waals surface area contributed by atoms with Crippen molar-refractivity contribution in [2.75, 3.05) is 6.54 Å². The SMILES string of the molecule is CC1CCCC1NC(=O)C1CCC(C(F)(F)F)CN1. The Hall–Kier alpha value is -0.780. The molecule has 2 aliphatic rings. The van der Waals surface area contributed by atoms with Gasteiger partial charge in [0.25, 0.3) is 0 Å². The van der Waals surface area contributed by atoms with E-state index in [1.54, 1.807) is 0 Å². The number of alkyl halides is 3. The summed E-state index contributed by atoms with van der Waals surface area (Å²) in [6, 6.07) is -0.277. The molecule has 0 aromatic heterocycles. The van der Waals surface area contributed by atoms with Crippen molar-refractivity contribution in [2.45, 2.75) is 57.3 Å². The number of piperidine rings is 1. The van der Waals surface area contributed by atoms with Crippen LogP contribution in [-0.2, 0) is 4.79 Å². The van der Waals surface area contributed by atoms with Crippen molar-refractivity contribution in [1.29, 1.82) is 0 Å². The van der Waals surface area contributed by atoms with Crippen molar-refractivity contribution in [3.63, 3.8) is 0 Å². The molecule has 4 unspecified atom stereocenters. The second kappa shape index (κ2) is 5.69. The van der Waals surface area contributed by atoms with Crippen LogP contribution in [-0.4, -0.2) is 30.7 Å². The summed E-state index contributed by atoms with van der Waals surface area (Å²) < 4.78 is 37.5. The Bertz CT molecular complexity index is 324. The molecule has 0 aromatic carbocycles. The average Bonchev–Trinajstić information content (AvgIpc) is 2.74. The number of carbonyl (C=O) groups is 1. The number of halogens is 3. The maximum atomic E-state index is 12.5. The Morgan fingerprint density at radius 1 is 1.21 bits per heavy atom. The molecular weight excluding hydrogens is 257 g/mol. The van der Waals surface area contributed by atoms with Gasteiger partial charge in [-0.2, -0.15) is 13.2 Å². The molecule has 110 valence electrons. The maximum Gasteiger partial charge on any atom is 0.393 e. The third-order valence-corrected chi connectivity index (χ3v) is 4.38. The summed E-state index contributed by atoms with van der Waals surface area (Å²) in [4.78, 5) is 12.0. The molecule has 6 heteroatoms. The predicted molar refractivity (Wildman–Crippen MR) is 65.5 cm³/mol. The van der Waals surface area contributed by atoms with Crippen LogP contribution in [0.3, 0.4) is 0 Å². The van der Waals surface area contributed by atoms with Crippen LogP contribution in [0.4, 0.5) is 13.2 Å². The fraction of sp³-hybridized carbons (Fsp3) is 0.923. The Morgan fingerprint density at radius 3 is 2.42 bits per heavy atom. The highest BCUT2D eigenvalue weighted by Gasteiger charge is 2.42. The average molecular weight is 278 g/mol. The van der Waals surface area contributed by atoms with Crippen molar-refractivity contribution in [3.8, 4) is 0 Å². The van der Waals surface area contributed by atoms with Crippen LogP contribution in [0.25, 0.3) is 0 Å². The number of carbonyl (C=O) groups excluding carboxylic acids is 1. The standard InChI is InChI=1S/C13H21F3N2O/c1-8-3-2-4-10(8)18-12(19)11-6-5-9(7-17-11)13(14,15)16/h8-11,17H,2-7H2,1H3,(H,18,19). The van der Waals surface area contributed by atoms with Gasteiger partial charge >= 0.3 is 6.18 Å². The van der Waals surface area contributed by atoms with E-state index in [1.165, 1.54) is 0 Å². The number of nitrogens with one attached hydrogen (secondary N) is 2. The highest BCUT2D eigenvalue weighted by atomic mass is 19.4. The van der Waals surface area contributed by atoms with E-state index < -0.39 is 18.1 Å². The highest BCUT2D eigenvalue weighted by molar-refractivity contribution is 5.82. The number of hydrogen-bond donors (Lipinski definition) is 2. The second-order valence-electron chi connectivity index (χ2n) is 5.80. The lowest BCUT2D eigenvalue weighted by atomic mass is 9.93. The van der Waals surface area contributed by atoms with E-state index >= 15 is 0 Å². The number of amides is 1. The first-order valence-corrected chi connectivity index (χ1v) is 6.98. The zero-order valence-corrected chi connectivity index (χ0v) is 11.1. The fourth-order valence-electron chi connectivity index (χ4n) is 3.00. The van der Waals surface area contributed by atoms with Gasteiger partial charge in [0.05, 0.1) is 12.0 Å². The smallest absolute Gasteiger partial charge is 0.352 e. The summed E-state index contributed by atoms with van der Waals surface area (Å²) in [5, 5.41) is 5.70. The van der Waals surface area contributed by atoms with E-state index in [2.05, 4.69) is 17.6 Å². The first-order valence-electron chi connectivity index (χ1n) is 6.98. The molecule has 2 N–H and O–H groups in total. The minimum Gasteiger partial charge on any atom is -0.352 e. The molecule has 4 atom stereocenters. The molecule has 1 heterocycles. The molecular formula is C13H21F3N2O. The third kappa shape index (κ3) is 3.61. The van der Waals surface area contributed by atoms with Crippen LogP contribution in [0, 0.1) is 11.8 Å². The molecule has 3 nitrogen and oxygen atoms in total. The van der Waals surface area contributed by atoms with Gasteiger partial charge in [-0.05, 0) is 31.6 Å². The minimum atomic E-state index is -4.16. The zero-order chi connectivity index (χ0) is 14.0. The Morgan fingerprint density at radius 2 is 1.95 bits per heavy atom. The van der Waals surface area contributed by atoms with Crippen molar-refractivity contribution < 1.29 is 18.0 Å². The van der Waals surface area contributed by atoms with Gasteiger partial charge in [-0.15, -0.1) is 0 Å². The first-order chi connectivity index (χ1) is 8.88. The largest absolute Gasteiger partial charge is 0.393 e. The van der Waals surface area contributed by atoms with Gasteiger partial charge in [0, 0.05) is 12.6 Å². The second-order valence-corrected chi connectivity index (χ2v) is 5.80. The summed E-state index contributed by atoms with van der Waals surface area (Å²) in [7, 11) is 0. The van der Waals surface area contributed by atoms with E-state index in [1.807, 2.05) is 0 Å². The van der Waals surface area contributed by atoms with Crippen molar-refractivity contribution in [3.05, 3.63) is 0 Å². The Labute approximate surface area is 111 Å². The minimum absolute atomic E-state index is 0.0365. The molecule has 1 aliphatic carbocycles. The van der Waals surface area contributed by atoms with Gasteiger partial charge in [-0.25, -0.2) is 0 Å².